The van der Waals surface area contributed by atoms with Crippen LogP contribution in [-0.2, 0) is 4.74 Å². The molecule has 7 heteroatoms. The Bertz CT molecular complexity index is 1320. The molecule has 4 N–H and O–H groups in total. The van der Waals surface area contributed by atoms with E-state index in [1.807, 2.05) is 24.3 Å². The fourth-order valence-corrected chi connectivity index (χ4v) is 3.61. The second kappa shape index (κ2) is 10.1. The van der Waals surface area contributed by atoms with Crippen molar-refractivity contribution < 1.29 is 25.2 Å². The van der Waals surface area contributed by atoms with Gasteiger partial charge in [-0.3, -0.25) is 9.36 Å². The molecule has 3 aromatic rings. The molecule has 0 radical (unpaired) electrons. The van der Waals surface area contributed by atoms with Gasteiger partial charge in [0, 0.05) is 29.1 Å². The number of nitrogens with zero attached hydrogens (tertiary/aromatic N) is 1. The van der Waals surface area contributed by atoms with Gasteiger partial charge in [-0.05, 0) is 30.3 Å². The molecule has 2 heterocycles. The second-order valence-electron chi connectivity index (χ2n) is 7.84. The van der Waals surface area contributed by atoms with Gasteiger partial charge in [-0.25, -0.2) is 0 Å². The van der Waals surface area contributed by atoms with Crippen molar-refractivity contribution in [3.63, 3.8) is 0 Å². The summed E-state index contributed by atoms with van der Waals surface area (Å²) in [6.07, 6.45) is -4.27. The first-order chi connectivity index (χ1) is 16.4. The van der Waals surface area contributed by atoms with Crippen LogP contribution in [0.15, 0.2) is 83.8 Å². The van der Waals surface area contributed by atoms with Gasteiger partial charge in [0.15, 0.2) is 11.7 Å². The monoisotopic (exact) mass is 457 g/mol. The number of aromatic nitrogens is 1. The first-order valence-electron chi connectivity index (χ1n) is 10.6. The van der Waals surface area contributed by atoms with Gasteiger partial charge in [0.25, 0.3) is 5.56 Å². The molecule has 0 bridgehead atoms. The van der Waals surface area contributed by atoms with Crippen LogP contribution in [0.25, 0.3) is 5.69 Å². The van der Waals surface area contributed by atoms with Gasteiger partial charge in [0.1, 0.15) is 18.3 Å². The second-order valence-corrected chi connectivity index (χ2v) is 7.84. The minimum absolute atomic E-state index is 0.241. The summed E-state index contributed by atoms with van der Waals surface area (Å²) in [5.41, 5.74) is -0.777. The predicted octanol–water partition coefficient (Wildman–Crippen LogP) is 0.453. The highest BCUT2D eigenvalue weighted by Gasteiger charge is 2.53. The molecule has 1 aliphatic heterocycles. The smallest absolute Gasteiger partial charge is 0.255 e. The summed E-state index contributed by atoms with van der Waals surface area (Å²) in [5.74, 6) is 11.0. The maximum Gasteiger partial charge on any atom is 0.255 e. The molecule has 0 aliphatic carbocycles. The van der Waals surface area contributed by atoms with E-state index in [9.17, 15) is 25.2 Å². The zero-order valence-corrected chi connectivity index (χ0v) is 18.1. The van der Waals surface area contributed by atoms with E-state index in [-0.39, 0.29) is 5.56 Å². The number of hydrogen-bond acceptors (Lipinski definition) is 6. The third-order valence-corrected chi connectivity index (χ3v) is 5.52. The number of hydrogen-bond donors (Lipinski definition) is 4. The Hall–Kier alpha value is -3.69. The van der Waals surface area contributed by atoms with Gasteiger partial charge >= 0.3 is 0 Å². The van der Waals surface area contributed by atoms with Crippen molar-refractivity contribution in [2.24, 2.45) is 0 Å². The van der Waals surface area contributed by atoms with Crippen LogP contribution in [0.3, 0.4) is 0 Å². The van der Waals surface area contributed by atoms with Crippen molar-refractivity contribution in [3.8, 4) is 29.4 Å². The van der Waals surface area contributed by atoms with E-state index in [0.717, 1.165) is 0 Å². The lowest BCUT2D eigenvalue weighted by atomic mass is 9.82. The maximum atomic E-state index is 12.3. The highest BCUT2D eigenvalue weighted by Crippen LogP contribution is 2.30. The van der Waals surface area contributed by atoms with E-state index >= 15 is 0 Å². The average molecular weight is 457 g/mol. The molecule has 34 heavy (non-hydrogen) atoms. The van der Waals surface area contributed by atoms with E-state index in [4.69, 9.17) is 4.74 Å². The Balaban J connectivity index is 1.72. The molecule has 2 aromatic carbocycles. The maximum absolute atomic E-state index is 12.3. The van der Waals surface area contributed by atoms with E-state index in [1.54, 1.807) is 42.6 Å². The molecule has 1 saturated heterocycles. The summed E-state index contributed by atoms with van der Waals surface area (Å²) < 4.78 is 7.06. The molecule has 0 unspecified atom stereocenters. The highest BCUT2D eigenvalue weighted by molar-refractivity contribution is 5.42. The third-order valence-electron chi connectivity index (χ3n) is 5.52. The summed E-state index contributed by atoms with van der Waals surface area (Å²) in [7, 11) is 0. The molecular weight excluding hydrogens is 434 g/mol. The van der Waals surface area contributed by atoms with E-state index in [2.05, 4.69) is 23.7 Å². The summed E-state index contributed by atoms with van der Waals surface area (Å²) in [6.45, 7) is -0.586. The molecule has 0 spiro atoms. The lowest BCUT2D eigenvalue weighted by molar-refractivity contribution is -0.239. The van der Waals surface area contributed by atoms with E-state index in [0.29, 0.717) is 16.8 Å². The Morgan fingerprint density at radius 3 is 2.26 bits per heavy atom. The van der Waals surface area contributed by atoms with Crippen molar-refractivity contribution in [1.29, 1.82) is 0 Å². The number of aliphatic hydroxyl groups excluding tert-OH is 3. The predicted molar refractivity (Wildman–Crippen MR) is 125 cm³/mol. The van der Waals surface area contributed by atoms with Crippen molar-refractivity contribution in [2.75, 3.05) is 6.61 Å². The molecule has 0 saturated carbocycles. The molecule has 7 nitrogen and oxygen atoms in total. The number of pyridine rings is 1. The minimum Gasteiger partial charge on any atom is -0.394 e. The molecule has 5 atom stereocenters. The lowest BCUT2D eigenvalue weighted by Gasteiger charge is -2.43. The Morgan fingerprint density at radius 1 is 0.912 bits per heavy atom. The van der Waals surface area contributed by atoms with Crippen molar-refractivity contribution in [2.45, 2.75) is 30.0 Å². The first kappa shape index (κ1) is 23.5. The van der Waals surface area contributed by atoms with Crippen molar-refractivity contribution in [1.82, 2.24) is 4.57 Å². The van der Waals surface area contributed by atoms with Gasteiger partial charge in [-0.2, -0.15) is 0 Å². The summed E-state index contributed by atoms with van der Waals surface area (Å²) in [4.78, 5) is 12.3. The van der Waals surface area contributed by atoms with Crippen LogP contribution < -0.4 is 5.56 Å². The zero-order chi connectivity index (χ0) is 24.1. The zero-order valence-electron chi connectivity index (χ0n) is 18.1. The molecular formula is C27H23NO6. The van der Waals surface area contributed by atoms with Crippen LogP contribution in [-0.4, -0.2) is 61.6 Å². The van der Waals surface area contributed by atoms with Gasteiger partial charge in [-0.15, -0.1) is 0 Å². The molecule has 1 aliphatic rings. The minimum atomic E-state index is -2.23. The average Bonchev–Trinajstić information content (AvgIpc) is 2.88. The standard InChI is InChI=1S/C27H23NO6/c29-18-22-25(31)26(32)27(33,16-15-19-7-3-1-4-8-19)23(34-22)13-11-20-12-14-24(30)28(17-20)21-9-5-2-6-10-21/h1-10,12,14,17,22-23,25-26,29,31-33H,18H2/t22-,23-,25-,26+,27-/m1/s1. The van der Waals surface area contributed by atoms with Crippen LogP contribution in [0, 0.1) is 23.7 Å². The lowest BCUT2D eigenvalue weighted by Crippen LogP contribution is -2.65. The summed E-state index contributed by atoms with van der Waals surface area (Å²) >= 11 is 0. The molecule has 4 rings (SSSR count). The largest absolute Gasteiger partial charge is 0.394 e. The van der Waals surface area contributed by atoms with Crippen LogP contribution in [0.4, 0.5) is 0 Å². The van der Waals surface area contributed by atoms with Crippen LogP contribution in [0.1, 0.15) is 11.1 Å². The number of rotatable bonds is 2. The normalized spacial score (nSPS) is 26.0. The van der Waals surface area contributed by atoms with Gasteiger partial charge in [0.2, 0.25) is 0 Å². The Kier molecular flexibility index (Phi) is 6.95. The van der Waals surface area contributed by atoms with Gasteiger partial charge in [0.05, 0.1) is 6.61 Å². The summed E-state index contributed by atoms with van der Waals surface area (Å²) in [6, 6.07) is 20.7. The molecule has 172 valence electrons. The summed E-state index contributed by atoms with van der Waals surface area (Å²) in [5, 5.41) is 41.8. The Labute approximate surface area is 196 Å². The van der Waals surface area contributed by atoms with Crippen molar-refractivity contribution in [3.05, 3.63) is 100 Å². The Morgan fingerprint density at radius 2 is 1.59 bits per heavy atom. The topological polar surface area (TPSA) is 112 Å². The van der Waals surface area contributed by atoms with E-state index < -0.39 is 36.6 Å². The fourth-order valence-electron chi connectivity index (χ4n) is 3.61. The van der Waals surface area contributed by atoms with Gasteiger partial charge < -0.3 is 25.2 Å². The van der Waals surface area contributed by atoms with Crippen LogP contribution in [0.2, 0.25) is 0 Å². The highest BCUT2D eigenvalue weighted by atomic mass is 16.5. The quantitative estimate of drug-likeness (QED) is 0.416. The third kappa shape index (κ3) is 4.80. The number of aliphatic hydroxyl groups is 4. The number of para-hydroxylation sites is 1. The molecule has 0 amide bonds. The number of benzene rings is 2. The fraction of sp³-hybridized carbons (Fsp3) is 0.222. The number of ether oxygens (including phenoxy) is 1. The SMILES string of the molecule is O=c1ccc(C#C[C@H]2O[C@H](CO)[C@@H](O)[C@H](O)[C@@]2(O)C#Cc2ccccc2)cn1-c1ccccc1. The van der Waals surface area contributed by atoms with Crippen LogP contribution >= 0.6 is 0 Å². The first-order valence-corrected chi connectivity index (χ1v) is 10.6. The molecule has 1 aromatic heterocycles. The van der Waals surface area contributed by atoms with Crippen molar-refractivity contribution >= 4 is 0 Å². The van der Waals surface area contributed by atoms with Crippen LogP contribution in [0.5, 0.6) is 0 Å². The molecule has 1 fully saturated rings. The van der Waals surface area contributed by atoms with Gasteiger partial charge in [-0.1, -0.05) is 60.1 Å². The van der Waals surface area contributed by atoms with E-state index in [1.165, 1.54) is 16.7 Å².